The van der Waals surface area contributed by atoms with Crippen molar-refractivity contribution in [2.75, 3.05) is 19.9 Å². The van der Waals surface area contributed by atoms with E-state index in [1.807, 2.05) is 37.3 Å². The minimum absolute atomic E-state index is 0.284. The Kier molecular flexibility index (Phi) is 6.73. The van der Waals surface area contributed by atoms with Gasteiger partial charge in [-0.05, 0) is 36.6 Å². The van der Waals surface area contributed by atoms with Gasteiger partial charge in [-0.15, -0.1) is 0 Å². The summed E-state index contributed by atoms with van der Waals surface area (Å²) in [5, 5.41) is 6.59. The molecule has 7 heteroatoms. The van der Waals surface area contributed by atoms with Gasteiger partial charge in [0.1, 0.15) is 0 Å². The summed E-state index contributed by atoms with van der Waals surface area (Å²) in [5.74, 6) is 2.98. The zero-order valence-electron chi connectivity index (χ0n) is 15.8. The Balaban J connectivity index is 1.56. The summed E-state index contributed by atoms with van der Waals surface area (Å²) in [7, 11) is 0. The van der Waals surface area contributed by atoms with Gasteiger partial charge >= 0.3 is 0 Å². The van der Waals surface area contributed by atoms with Crippen LogP contribution in [0.15, 0.2) is 41.5 Å². The summed E-state index contributed by atoms with van der Waals surface area (Å²) in [6.07, 6.45) is 2.77. The van der Waals surface area contributed by atoms with Gasteiger partial charge in [-0.1, -0.05) is 19.1 Å². The van der Waals surface area contributed by atoms with Crippen molar-refractivity contribution in [1.29, 1.82) is 0 Å². The van der Waals surface area contributed by atoms with Crippen LogP contribution in [-0.2, 0) is 13.1 Å². The van der Waals surface area contributed by atoms with Crippen LogP contribution in [-0.4, -0.2) is 30.9 Å². The molecule has 2 heterocycles. The molecule has 144 valence electrons. The number of guanidine groups is 1. The molecule has 1 aromatic carbocycles. The number of hydrogen-bond donors (Lipinski definition) is 2. The number of hydrogen-bond acceptors (Lipinski definition) is 5. The van der Waals surface area contributed by atoms with Gasteiger partial charge in [-0.3, -0.25) is 0 Å². The predicted octanol–water partition coefficient (Wildman–Crippen LogP) is 2.85. The lowest BCUT2D eigenvalue weighted by atomic mass is 10.2. The molecule has 3 rings (SSSR count). The third-order valence-electron chi connectivity index (χ3n) is 3.91. The second-order valence-corrected chi connectivity index (χ2v) is 6.09. The largest absolute Gasteiger partial charge is 0.478 e. The van der Waals surface area contributed by atoms with Gasteiger partial charge in [0.05, 0.1) is 13.2 Å². The molecule has 1 aliphatic heterocycles. The maximum atomic E-state index is 5.50. The first kappa shape index (κ1) is 18.8. The first-order chi connectivity index (χ1) is 13.3. The van der Waals surface area contributed by atoms with Crippen LogP contribution in [0.1, 0.15) is 31.4 Å². The summed E-state index contributed by atoms with van der Waals surface area (Å²) < 4.78 is 16.3. The SMILES string of the molecule is CCCOc1ccc(CN=C(NCC)NCc2ccc3c(c2)OCO3)cn1. The summed E-state index contributed by atoms with van der Waals surface area (Å²) in [6.45, 7) is 7.05. The molecule has 27 heavy (non-hydrogen) atoms. The molecule has 0 bridgehead atoms. The minimum Gasteiger partial charge on any atom is -0.478 e. The highest BCUT2D eigenvalue weighted by molar-refractivity contribution is 5.79. The fourth-order valence-corrected chi connectivity index (χ4v) is 2.55. The second kappa shape index (κ2) is 9.66. The molecule has 7 nitrogen and oxygen atoms in total. The summed E-state index contributed by atoms with van der Waals surface area (Å²) in [5.41, 5.74) is 2.13. The van der Waals surface area contributed by atoms with Gasteiger partial charge in [-0.25, -0.2) is 9.98 Å². The zero-order valence-corrected chi connectivity index (χ0v) is 15.8. The first-order valence-corrected chi connectivity index (χ1v) is 9.27. The van der Waals surface area contributed by atoms with Gasteiger partial charge in [0, 0.05) is 25.4 Å². The van der Waals surface area contributed by atoms with Gasteiger partial charge in [-0.2, -0.15) is 0 Å². The van der Waals surface area contributed by atoms with Crippen LogP contribution in [0.25, 0.3) is 0 Å². The molecule has 0 amide bonds. The Hall–Kier alpha value is -2.96. The summed E-state index contributed by atoms with van der Waals surface area (Å²) in [6, 6.07) is 9.80. The molecule has 0 atom stereocenters. The highest BCUT2D eigenvalue weighted by atomic mass is 16.7. The molecule has 0 aliphatic carbocycles. The number of nitrogens with one attached hydrogen (secondary N) is 2. The number of aliphatic imine (C=N–C) groups is 1. The lowest BCUT2D eigenvalue weighted by Gasteiger charge is -2.12. The number of rotatable bonds is 8. The molecular weight excluding hydrogens is 344 g/mol. The van der Waals surface area contributed by atoms with Gasteiger partial charge < -0.3 is 24.8 Å². The lowest BCUT2D eigenvalue weighted by molar-refractivity contribution is 0.174. The fourth-order valence-electron chi connectivity index (χ4n) is 2.55. The molecule has 2 N–H and O–H groups in total. The van der Waals surface area contributed by atoms with E-state index >= 15 is 0 Å². The standard InChI is InChI=1S/C20H26N4O3/c1-3-9-25-19-8-6-16(12-22-19)13-24-20(21-4-2)23-11-15-5-7-17-18(10-15)27-14-26-17/h5-8,10,12H,3-4,9,11,13-14H2,1-2H3,(H2,21,23,24). The van der Waals surface area contributed by atoms with E-state index in [4.69, 9.17) is 14.2 Å². The third kappa shape index (κ3) is 5.51. The number of aromatic nitrogens is 1. The number of nitrogens with zero attached hydrogens (tertiary/aromatic N) is 2. The molecule has 0 spiro atoms. The van der Waals surface area contributed by atoms with Crippen molar-refractivity contribution < 1.29 is 14.2 Å². The maximum Gasteiger partial charge on any atom is 0.231 e. The van der Waals surface area contributed by atoms with E-state index in [0.29, 0.717) is 25.6 Å². The van der Waals surface area contributed by atoms with E-state index in [1.54, 1.807) is 6.20 Å². The molecule has 1 aromatic heterocycles. The monoisotopic (exact) mass is 370 g/mol. The average Bonchev–Trinajstić information content (AvgIpc) is 3.17. The smallest absolute Gasteiger partial charge is 0.231 e. The van der Waals surface area contributed by atoms with Crippen molar-refractivity contribution in [3.8, 4) is 17.4 Å². The number of ether oxygens (including phenoxy) is 3. The normalized spacial score (nSPS) is 12.7. The van der Waals surface area contributed by atoms with Crippen LogP contribution >= 0.6 is 0 Å². The fraction of sp³-hybridized carbons (Fsp3) is 0.400. The Morgan fingerprint density at radius 1 is 1.11 bits per heavy atom. The third-order valence-corrected chi connectivity index (χ3v) is 3.91. The Labute approximate surface area is 159 Å². The minimum atomic E-state index is 0.284. The van der Waals surface area contributed by atoms with Crippen molar-refractivity contribution >= 4 is 5.96 Å². The van der Waals surface area contributed by atoms with Crippen LogP contribution in [0, 0.1) is 0 Å². The van der Waals surface area contributed by atoms with Crippen LogP contribution < -0.4 is 24.8 Å². The summed E-state index contributed by atoms with van der Waals surface area (Å²) in [4.78, 5) is 8.93. The Morgan fingerprint density at radius 3 is 2.74 bits per heavy atom. The average molecular weight is 370 g/mol. The molecule has 0 saturated carbocycles. The van der Waals surface area contributed by atoms with Crippen LogP contribution in [0.5, 0.6) is 17.4 Å². The van der Waals surface area contributed by atoms with E-state index in [2.05, 4.69) is 27.5 Å². The molecule has 1 aliphatic rings. The first-order valence-electron chi connectivity index (χ1n) is 9.27. The van der Waals surface area contributed by atoms with Crippen LogP contribution in [0.3, 0.4) is 0 Å². The van der Waals surface area contributed by atoms with Crippen molar-refractivity contribution in [1.82, 2.24) is 15.6 Å². The molecule has 0 unspecified atom stereocenters. The van der Waals surface area contributed by atoms with E-state index in [0.717, 1.165) is 41.6 Å². The Morgan fingerprint density at radius 2 is 1.96 bits per heavy atom. The van der Waals surface area contributed by atoms with Crippen LogP contribution in [0.2, 0.25) is 0 Å². The van der Waals surface area contributed by atoms with Crippen molar-refractivity contribution in [2.24, 2.45) is 4.99 Å². The molecule has 0 fully saturated rings. The van der Waals surface area contributed by atoms with E-state index in [1.165, 1.54) is 0 Å². The Bertz CT molecular complexity index is 762. The van der Waals surface area contributed by atoms with Crippen molar-refractivity contribution in [2.45, 2.75) is 33.4 Å². The number of fused-ring (bicyclic) bond motifs is 1. The molecular formula is C20H26N4O3. The zero-order chi connectivity index (χ0) is 18.9. The predicted molar refractivity (Wildman–Crippen MR) is 104 cm³/mol. The molecule has 0 radical (unpaired) electrons. The van der Waals surface area contributed by atoms with E-state index < -0.39 is 0 Å². The maximum absolute atomic E-state index is 5.50. The van der Waals surface area contributed by atoms with Crippen molar-refractivity contribution in [3.05, 3.63) is 47.7 Å². The topological polar surface area (TPSA) is 77.0 Å². The number of pyridine rings is 1. The second-order valence-electron chi connectivity index (χ2n) is 6.09. The lowest BCUT2D eigenvalue weighted by Crippen LogP contribution is -2.36. The highest BCUT2D eigenvalue weighted by Gasteiger charge is 2.13. The molecule has 0 saturated heterocycles. The van der Waals surface area contributed by atoms with E-state index in [-0.39, 0.29) is 6.79 Å². The van der Waals surface area contributed by atoms with Gasteiger partial charge in [0.25, 0.3) is 0 Å². The van der Waals surface area contributed by atoms with Crippen molar-refractivity contribution in [3.63, 3.8) is 0 Å². The van der Waals surface area contributed by atoms with E-state index in [9.17, 15) is 0 Å². The highest BCUT2D eigenvalue weighted by Crippen LogP contribution is 2.32. The van der Waals surface area contributed by atoms with Crippen LogP contribution in [0.4, 0.5) is 0 Å². The number of benzene rings is 1. The quantitative estimate of drug-likeness (QED) is 0.550. The molecule has 2 aromatic rings. The van der Waals surface area contributed by atoms with Gasteiger partial charge in [0.15, 0.2) is 17.5 Å². The summed E-state index contributed by atoms with van der Waals surface area (Å²) >= 11 is 0. The van der Waals surface area contributed by atoms with Gasteiger partial charge in [0.2, 0.25) is 12.7 Å².